The first-order valence-corrected chi connectivity index (χ1v) is 10.9. The molecule has 0 bridgehead atoms. The van der Waals surface area contributed by atoms with E-state index in [-0.39, 0.29) is 6.61 Å². The summed E-state index contributed by atoms with van der Waals surface area (Å²) in [4.78, 5) is 4.96. The van der Waals surface area contributed by atoms with Gasteiger partial charge >= 0.3 is 0 Å². The van der Waals surface area contributed by atoms with E-state index in [0.717, 1.165) is 57.0 Å². The van der Waals surface area contributed by atoms with Crippen molar-refractivity contribution in [3.63, 3.8) is 0 Å². The van der Waals surface area contributed by atoms with E-state index in [1.807, 2.05) is 19.1 Å². The molecule has 160 valence electrons. The first-order chi connectivity index (χ1) is 14.1. The third-order valence-electron chi connectivity index (χ3n) is 5.49. The number of benzene rings is 1. The van der Waals surface area contributed by atoms with Crippen LogP contribution in [0.4, 0.5) is 0 Å². The van der Waals surface area contributed by atoms with Crippen LogP contribution in [0.3, 0.4) is 0 Å². The lowest BCUT2D eigenvalue weighted by Crippen LogP contribution is -2.52. The summed E-state index contributed by atoms with van der Waals surface area (Å²) in [5, 5.41) is 17.3. The number of para-hydroxylation sites is 1. The van der Waals surface area contributed by atoms with E-state index in [4.69, 9.17) is 4.74 Å². The second-order valence-corrected chi connectivity index (χ2v) is 8.39. The van der Waals surface area contributed by atoms with Gasteiger partial charge in [-0.1, -0.05) is 32.0 Å². The molecule has 2 aromatic rings. The number of aliphatic hydroxyl groups is 1. The van der Waals surface area contributed by atoms with Gasteiger partial charge in [0.15, 0.2) is 0 Å². The Kier molecular flexibility index (Phi) is 8.09. The maximum Gasteiger partial charge on any atom is 0.123 e. The van der Waals surface area contributed by atoms with E-state index in [1.54, 1.807) is 0 Å². The number of hydrogen-bond donors (Lipinski definition) is 2. The van der Waals surface area contributed by atoms with Crippen molar-refractivity contribution in [3.8, 4) is 5.75 Å². The highest BCUT2D eigenvalue weighted by molar-refractivity contribution is 5.33. The van der Waals surface area contributed by atoms with Crippen molar-refractivity contribution in [2.75, 3.05) is 32.8 Å². The smallest absolute Gasteiger partial charge is 0.123 e. The first kappa shape index (κ1) is 21.8. The van der Waals surface area contributed by atoms with Crippen LogP contribution in [0.25, 0.3) is 0 Å². The number of aliphatic hydroxyl groups excluding tert-OH is 1. The van der Waals surface area contributed by atoms with Gasteiger partial charge in [-0.05, 0) is 37.8 Å². The number of nitrogens with one attached hydrogen (secondary N) is 1. The number of H-pyrrole nitrogens is 1. The van der Waals surface area contributed by atoms with Gasteiger partial charge in [-0.2, -0.15) is 5.10 Å². The molecule has 1 saturated heterocycles. The summed E-state index contributed by atoms with van der Waals surface area (Å²) in [7, 11) is 0. The molecule has 1 aliphatic heterocycles. The molecule has 6 nitrogen and oxygen atoms in total. The largest absolute Gasteiger partial charge is 0.494 e. The van der Waals surface area contributed by atoms with Crippen molar-refractivity contribution >= 4 is 0 Å². The summed E-state index contributed by atoms with van der Waals surface area (Å²) in [6.07, 6.45) is 1.80. The monoisotopic (exact) mass is 400 g/mol. The molecular formula is C23H36N4O2. The number of aromatic nitrogens is 2. The van der Waals surface area contributed by atoms with E-state index in [9.17, 15) is 5.11 Å². The zero-order valence-corrected chi connectivity index (χ0v) is 18.1. The van der Waals surface area contributed by atoms with Gasteiger partial charge in [-0.15, -0.1) is 0 Å². The van der Waals surface area contributed by atoms with Gasteiger partial charge in [0, 0.05) is 56.6 Å². The minimum absolute atomic E-state index is 0.213. The second-order valence-electron chi connectivity index (χ2n) is 8.39. The molecule has 6 heteroatoms. The third kappa shape index (κ3) is 6.29. The lowest BCUT2D eigenvalue weighted by Gasteiger charge is -2.41. The minimum Gasteiger partial charge on any atom is -0.494 e. The Bertz CT molecular complexity index is 746. The van der Waals surface area contributed by atoms with Crippen LogP contribution in [0.5, 0.6) is 5.75 Å². The van der Waals surface area contributed by atoms with Crippen LogP contribution in [0, 0.1) is 5.92 Å². The van der Waals surface area contributed by atoms with Crippen molar-refractivity contribution in [1.82, 2.24) is 20.0 Å². The average molecular weight is 401 g/mol. The van der Waals surface area contributed by atoms with Crippen LogP contribution < -0.4 is 4.74 Å². The molecule has 0 saturated carbocycles. The predicted molar refractivity (Wildman–Crippen MR) is 116 cm³/mol. The SMILES string of the molecule is CCOc1ccccc1CN1CCN(Cc2cc(CC(C)C)n[nH]2)C[C@@H]1CCO. The van der Waals surface area contributed by atoms with Crippen LogP contribution in [0.2, 0.25) is 0 Å². The van der Waals surface area contributed by atoms with E-state index in [2.05, 4.69) is 52.0 Å². The molecule has 0 unspecified atom stereocenters. The Morgan fingerprint density at radius 2 is 2.07 bits per heavy atom. The van der Waals surface area contributed by atoms with Crippen molar-refractivity contribution < 1.29 is 9.84 Å². The van der Waals surface area contributed by atoms with Crippen LogP contribution in [0.15, 0.2) is 30.3 Å². The number of aromatic amines is 1. The summed E-state index contributed by atoms with van der Waals surface area (Å²) in [6.45, 7) is 12.0. The summed E-state index contributed by atoms with van der Waals surface area (Å²) < 4.78 is 5.81. The van der Waals surface area contributed by atoms with E-state index >= 15 is 0 Å². The highest BCUT2D eigenvalue weighted by atomic mass is 16.5. The molecule has 3 rings (SSSR count). The van der Waals surface area contributed by atoms with Gasteiger partial charge < -0.3 is 9.84 Å². The molecule has 2 N–H and O–H groups in total. The number of hydrogen-bond acceptors (Lipinski definition) is 5. The Labute approximate surface area is 174 Å². The standard InChI is InChI=1S/C23H36N4O2/c1-4-29-23-8-6-5-7-19(23)15-27-11-10-26(17-22(27)9-12-28)16-21-14-20(24-25-21)13-18(2)3/h5-8,14,18,22,28H,4,9-13,15-17H2,1-3H3,(H,24,25)/t22-/m0/s1. The molecule has 0 aliphatic carbocycles. The fourth-order valence-electron chi connectivity index (χ4n) is 4.14. The van der Waals surface area contributed by atoms with Gasteiger partial charge in [-0.3, -0.25) is 14.9 Å². The van der Waals surface area contributed by atoms with Gasteiger partial charge in [0.05, 0.1) is 12.3 Å². The molecule has 1 fully saturated rings. The lowest BCUT2D eigenvalue weighted by molar-refractivity contribution is 0.0488. The van der Waals surface area contributed by atoms with Crippen molar-refractivity contribution in [1.29, 1.82) is 0 Å². The number of ether oxygens (including phenoxy) is 1. The van der Waals surface area contributed by atoms with Gasteiger partial charge in [0.1, 0.15) is 5.75 Å². The highest BCUT2D eigenvalue weighted by Crippen LogP contribution is 2.24. The molecule has 1 aromatic heterocycles. The summed E-state index contributed by atoms with van der Waals surface area (Å²) in [6, 6.07) is 10.8. The van der Waals surface area contributed by atoms with Crippen LogP contribution in [0.1, 0.15) is 44.1 Å². The predicted octanol–water partition coefficient (Wildman–Crippen LogP) is 3.08. The molecule has 2 heterocycles. The van der Waals surface area contributed by atoms with Crippen LogP contribution in [-0.2, 0) is 19.5 Å². The molecule has 0 radical (unpaired) electrons. The quantitative estimate of drug-likeness (QED) is 0.642. The number of rotatable bonds is 10. The summed E-state index contributed by atoms with van der Waals surface area (Å²) in [5.41, 5.74) is 3.55. The second kappa shape index (κ2) is 10.8. The average Bonchev–Trinajstić information content (AvgIpc) is 3.12. The molecular weight excluding hydrogens is 364 g/mol. The van der Waals surface area contributed by atoms with Gasteiger partial charge in [0.2, 0.25) is 0 Å². The Balaban J connectivity index is 1.61. The van der Waals surface area contributed by atoms with Crippen molar-refractivity contribution in [2.45, 2.75) is 52.7 Å². The highest BCUT2D eigenvalue weighted by Gasteiger charge is 2.27. The van der Waals surface area contributed by atoms with E-state index in [1.165, 1.54) is 11.3 Å². The number of piperazine rings is 1. The lowest BCUT2D eigenvalue weighted by atomic mass is 10.1. The number of nitrogens with zero attached hydrogens (tertiary/aromatic N) is 3. The molecule has 0 amide bonds. The Hall–Kier alpha value is -1.89. The molecule has 0 spiro atoms. The zero-order valence-electron chi connectivity index (χ0n) is 18.1. The molecule has 1 atom stereocenters. The van der Waals surface area contributed by atoms with Gasteiger partial charge in [-0.25, -0.2) is 0 Å². The van der Waals surface area contributed by atoms with Crippen molar-refractivity contribution in [2.24, 2.45) is 5.92 Å². The topological polar surface area (TPSA) is 64.6 Å². The van der Waals surface area contributed by atoms with Gasteiger partial charge in [0.25, 0.3) is 0 Å². The van der Waals surface area contributed by atoms with Crippen LogP contribution in [-0.4, -0.2) is 64.0 Å². The maximum atomic E-state index is 9.62. The minimum atomic E-state index is 0.213. The fourth-order valence-corrected chi connectivity index (χ4v) is 4.14. The molecule has 1 aromatic carbocycles. The van der Waals surface area contributed by atoms with Crippen molar-refractivity contribution in [3.05, 3.63) is 47.3 Å². The summed E-state index contributed by atoms with van der Waals surface area (Å²) in [5.74, 6) is 1.58. The molecule has 29 heavy (non-hydrogen) atoms. The first-order valence-electron chi connectivity index (χ1n) is 10.9. The Morgan fingerprint density at radius 3 is 2.83 bits per heavy atom. The van der Waals surface area contributed by atoms with Crippen LogP contribution >= 0.6 is 0 Å². The molecule has 1 aliphatic rings. The summed E-state index contributed by atoms with van der Waals surface area (Å²) >= 11 is 0. The fraction of sp³-hybridized carbons (Fsp3) is 0.609. The maximum absolute atomic E-state index is 9.62. The van der Waals surface area contributed by atoms with E-state index in [0.29, 0.717) is 18.6 Å². The Morgan fingerprint density at radius 1 is 1.24 bits per heavy atom. The normalized spacial score (nSPS) is 18.4. The van der Waals surface area contributed by atoms with E-state index < -0.39 is 0 Å². The third-order valence-corrected chi connectivity index (χ3v) is 5.49. The zero-order chi connectivity index (χ0) is 20.6.